The molecule has 0 bridgehead atoms. The van der Waals surface area contributed by atoms with Crippen LogP contribution in [0.15, 0.2) is 24.3 Å². The molecule has 0 spiro atoms. The van der Waals surface area contributed by atoms with Crippen molar-refractivity contribution in [1.29, 1.82) is 0 Å². The second kappa shape index (κ2) is 6.01. The fourth-order valence-corrected chi connectivity index (χ4v) is 2.98. The van der Waals surface area contributed by atoms with Crippen LogP contribution in [0.2, 0.25) is 0 Å². The number of hydrogen-bond donors (Lipinski definition) is 2. The molecule has 3 rings (SSSR count). The molecule has 0 aliphatic rings. The van der Waals surface area contributed by atoms with E-state index < -0.39 is 5.91 Å². The first-order valence-electron chi connectivity index (χ1n) is 7.81. The van der Waals surface area contributed by atoms with E-state index in [0.717, 1.165) is 11.4 Å². The van der Waals surface area contributed by atoms with Gasteiger partial charge in [0.2, 0.25) is 5.91 Å². The van der Waals surface area contributed by atoms with E-state index in [1.54, 1.807) is 42.9 Å². The fourth-order valence-electron chi connectivity index (χ4n) is 2.98. The first-order valence-corrected chi connectivity index (χ1v) is 7.81. The highest BCUT2D eigenvalue weighted by atomic mass is 16.2. The van der Waals surface area contributed by atoms with Gasteiger partial charge in [-0.3, -0.25) is 14.3 Å². The van der Waals surface area contributed by atoms with E-state index in [1.807, 2.05) is 13.8 Å². The number of rotatable bonds is 3. The highest BCUT2D eigenvalue weighted by Crippen LogP contribution is 2.24. The van der Waals surface area contributed by atoms with E-state index in [1.165, 1.54) is 0 Å². The van der Waals surface area contributed by atoms with Crippen molar-refractivity contribution in [3.05, 3.63) is 52.3 Å². The Morgan fingerprint density at radius 2 is 1.88 bits per heavy atom. The summed E-state index contributed by atoms with van der Waals surface area (Å²) in [6.45, 7) is 5.42. The summed E-state index contributed by atoms with van der Waals surface area (Å²) in [7, 11) is 1.80. The Bertz CT molecular complexity index is 1020. The van der Waals surface area contributed by atoms with Gasteiger partial charge in [0, 0.05) is 24.0 Å². The zero-order valence-electron chi connectivity index (χ0n) is 14.5. The minimum Gasteiger partial charge on any atom is -0.366 e. The lowest BCUT2D eigenvalue weighted by molar-refractivity contribution is 0.0995. The SMILES string of the molecule is Cc1cc(C(=O)Nc2cccc(C(N)=O)c2C)c2c(C)nn(C)c2n1. The average Bonchev–Trinajstić information content (AvgIpc) is 2.82. The highest BCUT2D eigenvalue weighted by molar-refractivity contribution is 6.13. The summed E-state index contributed by atoms with van der Waals surface area (Å²) >= 11 is 0. The first-order chi connectivity index (χ1) is 11.8. The number of pyridine rings is 1. The van der Waals surface area contributed by atoms with Crippen molar-refractivity contribution in [2.45, 2.75) is 20.8 Å². The van der Waals surface area contributed by atoms with Gasteiger partial charge < -0.3 is 11.1 Å². The Morgan fingerprint density at radius 3 is 2.56 bits per heavy atom. The zero-order valence-corrected chi connectivity index (χ0v) is 14.5. The number of carbonyl (C=O) groups is 2. The predicted octanol–water partition coefficient (Wildman–Crippen LogP) is 2.24. The van der Waals surface area contributed by atoms with Gasteiger partial charge in [-0.25, -0.2) is 4.98 Å². The van der Waals surface area contributed by atoms with Crippen molar-refractivity contribution in [1.82, 2.24) is 14.8 Å². The van der Waals surface area contributed by atoms with Crippen LogP contribution in [0, 0.1) is 20.8 Å². The monoisotopic (exact) mass is 337 g/mol. The van der Waals surface area contributed by atoms with E-state index in [9.17, 15) is 9.59 Å². The lowest BCUT2D eigenvalue weighted by Crippen LogP contribution is -2.17. The number of nitrogens with two attached hydrogens (primary N) is 1. The Kier molecular flexibility index (Phi) is 4.00. The number of nitrogens with one attached hydrogen (secondary N) is 1. The van der Waals surface area contributed by atoms with Gasteiger partial charge in [-0.1, -0.05) is 6.07 Å². The molecule has 128 valence electrons. The van der Waals surface area contributed by atoms with Gasteiger partial charge >= 0.3 is 0 Å². The van der Waals surface area contributed by atoms with Crippen LogP contribution in [0.1, 0.15) is 37.7 Å². The molecule has 2 amide bonds. The number of nitrogens with zero attached hydrogens (tertiary/aromatic N) is 3. The van der Waals surface area contributed by atoms with E-state index in [0.29, 0.717) is 33.4 Å². The highest BCUT2D eigenvalue weighted by Gasteiger charge is 2.19. The van der Waals surface area contributed by atoms with E-state index in [4.69, 9.17) is 5.73 Å². The van der Waals surface area contributed by atoms with E-state index in [2.05, 4.69) is 15.4 Å². The van der Waals surface area contributed by atoms with E-state index >= 15 is 0 Å². The molecule has 0 radical (unpaired) electrons. The average molecular weight is 337 g/mol. The molecular formula is C18H19N5O2. The van der Waals surface area contributed by atoms with Crippen LogP contribution in [-0.2, 0) is 7.05 Å². The van der Waals surface area contributed by atoms with E-state index in [-0.39, 0.29) is 5.91 Å². The standard InChI is InChI=1S/C18H19N5O2/c1-9-8-13(15-11(3)22-23(4)17(15)20-9)18(25)21-14-7-5-6-12(10(14)2)16(19)24/h5-8H,1-4H3,(H2,19,24)(H,21,25). The molecule has 2 aromatic heterocycles. The molecule has 1 aromatic carbocycles. The molecule has 0 saturated heterocycles. The fraction of sp³-hybridized carbons (Fsp3) is 0.222. The van der Waals surface area contributed by atoms with Gasteiger partial charge in [-0.05, 0) is 44.5 Å². The third-order valence-corrected chi connectivity index (χ3v) is 4.19. The molecule has 3 N–H and O–H groups in total. The number of carbonyl (C=O) groups excluding carboxylic acids is 2. The lowest BCUT2D eigenvalue weighted by Gasteiger charge is -2.12. The van der Waals surface area contributed by atoms with Crippen LogP contribution in [0.4, 0.5) is 5.69 Å². The van der Waals surface area contributed by atoms with Crippen molar-refractivity contribution in [3.8, 4) is 0 Å². The summed E-state index contributed by atoms with van der Waals surface area (Å²) in [5, 5.41) is 7.93. The maximum Gasteiger partial charge on any atom is 0.256 e. The summed E-state index contributed by atoms with van der Waals surface area (Å²) in [6.07, 6.45) is 0. The van der Waals surface area contributed by atoms with Crippen LogP contribution in [-0.4, -0.2) is 26.6 Å². The van der Waals surface area contributed by atoms with Crippen LogP contribution in [0.3, 0.4) is 0 Å². The molecule has 25 heavy (non-hydrogen) atoms. The summed E-state index contributed by atoms with van der Waals surface area (Å²) in [6, 6.07) is 6.79. The first kappa shape index (κ1) is 16.6. The minimum absolute atomic E-state index is 0.281. The predicted molar refractivity (Wildman–Crippen MR) is 95.6 cm³/mol. The maximum absolute atomic E-state index is 12.9. The summed E-state index contributed by atoms with van der Waals surface area (Å²) in [4.78, 5) is 28.8. The van der Waals surface area contributed by atoms with Crippen LogP contribution in [0.5, 0.6) is 0 Å². The second-order valence-electron chi connectivity index (χ2n) is 6.02. The summed E-state index contributed by atoms with van der Waals surface area (Å²) in [5.74, 6) is -0.810. The molecule has 0 aliphatic carbocycles. The van der Waals surface area contributed by atoms with Crippen molar-refractivity contribution in [2.75, 3.05) is 5.32 Å². The van der Waals surface area contributed by atoms with Gasteiger partial charge in [0.15, 0.2) is 5.65 Å². The molecule has 0 unspecified atom stereocenters. The molecule has 0 saturated carbocycles. The van der Waals surface area contributed by atoms with Crippen LogP contribution < -0.4 is 11.1 Å². The van der Waals surface area contributed by atoms with Gasteiger partial charge in [-0.15, -0.1) is 0 Å². The number of primary amides is 1. The van der Waals surface area contributed by atoms with Crippen molar-refractivity contribution >= 4 is 28.5 Å². The van der Waals surface area contributed by atoms with Crippen molar-refractivity contribution < 1.29 is 9.59 Å². The van der Waals surface area contributed by atoms with Gasteiger partial charge in [0.05, 0.1) is 16.6 Å². The lowest BCUT2D eigenvalue weighted by atomic mass is 10.0. The van der Waals surface area contributed by atoms with Crippen molar-refractivity contribution in [2.24, 2.45) is 12.8 Å². The topological polar surface area (TPSA) is 103 Å². The molecule has 7 heteroatoms. The number of aromatic nitrogens is 3. The molecule has 3 aromatic rings. The van der Waals surface area contributed by atoms with Gasteiger partial charge in [0.25, 0.3) is 5.91 Å². The third-order valence-electron chi connectivity index (χ3n) is 4.19. The van der Waals surface area contributed by atoms with Gasteiger partial charge in [0.1, 0.15) is 0 Å². The van der Waals surface area contributed by atoms with Crippen LogP contribution >= 0.6 is 0 Å². The molecule has 0 aliphatic heterocycles. The Labute approximate surface area is 144 Å². The Morgan fingerprint density at radius 1 is 1.16 bits per heavy atom. The molecule has 0 fully saturated rings. The molecule has 7 nitrogen and oxygen atoms in total. The zero-order chi connectivity index (χ0) is 18.3. The maximum atomic E-state index is 12.9. The number of hydrogen-bond acceptors (Lipinski definition) is 4. The number of fused-ring (bicyclic) bond motifs is 1. The molecule has 2 heterocycles. The largest absolute Gasteiger partial charge is 0.366 e. The minimum atomic E-state index is -0.529. The van der Waals surface area contributed by atoms with Crippen LogP contribution in [0.25, 0.3) is 11.0 Å². The van der Waals surface area contributed by atoms with Gasteiger partial charge in [-0.2, -0.15) is 5.10 Å². The molecule has 0 atom stereocenters. The Balaban J connectivity index is 2.07. The number of benzene rings is 1. The second-order valence-corrected chi connectivity index (χ2v) is 6.02. The number of amides is 2. The summed E-state index contributed by atoms with van der Waals surface area (Å²) < 4.78 is 1.66. The normalized spacial score (nSPS) is 10.9. The number of anilines is 1. The third kappa shape index (κ3) is 2.84. The quantitative estimate of drug-likeness (QED) is 0.765. The van der Waals surface area contributed by atoms with Crippen molar-refractivity contribution in [3.63, 3.8) is 0 Å². The summed E-state index contributed by atoms with van der Waals surface area (Å²) in [5.41, 5.74) is 9.55. The smallest absolute Gasteiger partial charge is 0.256 e. The molecular weight excluding hydrogens is 318 g/mol. The Hall–Kier alpha value is -3.22. The number of aryl methyl sites for hydroxylation is 3.